The average Bonchev–Trinajstić information content (AvgIpc) is 2.76. The number of ether oxygens (including phenoxy) is 1. The number of rotatable bonds is 10. The van der Waals surface area contributed by atoms with Gasteiger partial charge in [-0.3, -0.25) is 9.69 Å². The van der Waals surface area contributed by atoms with Crippen LogP contribution in [-0.2, 0) is 21.2 Å². The molecular weight excluding hydrogens is 412 g/mol. The van der Waals surface area contributed by atoms with E-state index in [9.17, 15) is 13.2 Å². The van der Waals surface area contributed by atoms with E-state index >= 15 is 0 Å². The van der Waals surface area contributed by atoms with E-state index in [0.717, 1.165) is 19.5 Å². The van der Waals surface area contributed by atoms with E-state index in [4.69, 9.17) is 4.74 Å². The normalized spacial score (nSPS) is 17.3. The molecule has 1 saturated heterocycles. The number of sulfone groups is 1. The Balaban J connectivity index is 1.36. The van der Waals surface area contributed by atoms with Crippen molar-refractivity contribution in [1.29, 1.82) is 0 Å². The van der Waals surface area contributed by atoms with Crippen LogP contribution in [0.4, 0.5) is 0 Å². The second-order valence-corrected chi connectivity index (χ2v) is 10.1. The Bertz CT molecular complexity index is 930. The predicted molar refractivity (Wildman–Crippen MR) is 122 cm³/mol. The van der Waals surface area contributed by atoms with Gasteiger partial charge in [0, 0.05) is 31.8 Å². The molecule has 0 saturated carbocycles. The fourth-order valence-electron chi connectivity index (χ4n) is 3.84. The van der Waals surface area contributed by atoms with Crippen LogP contribution in [0.2, 0.25) is 0 Å². The molecule has 7 heteroatoms. The van der Waals surface area contributed by atoms with Crippen molar-refractivity contribution in [2.75, 3.05) is 26.0 Å². The highest BCUT2D eigenvalue weighted by Gasteiger charge is 2.22. The standard InChI is InChI=1S/C24H32N2O4S/c1-31(28,29)23-14-12-22(13-15-23)30-17-7-11-24(27)25-18-21-10-5-6-16-26(21)19-20-8-3-2-4-9-20/h2-4,8-9,12-15,21H,5-7,10-11,16-19H2,1H3,(H,25,27). The molecule has 1 atom stereocenters. The monoisotopic (exact) mass is 444 g/mol. The molecule has 1 unspecified atom stereocenters. The molecule has 1 amide bonds. The first-order chi connectivity index (χ1) is 14.9. The molecule has 31 heavy (non-hydrogen) atoms. The number of hydrogen-bond donors (Lipinski definition) is 1. The Kier molecular flexibility index (Phi) is 8.49. The summed E-state index contributed by atoms with van der Waals surface area (Å²) in [6.07, 6.45) is 5.72. The zero-order chi connectivity index (χ0) is 22.1. The molecule has 1 fully saturated rings. The van der Waals surface area contributed by atoms with Gasteiger partial charge < -0.3 is 10.1 Å². The maximum absolute atomic E-state index is 12.3. The molecular formula is C24H32N2O4S. The fourth-order valence-corrected chi connectivity index (χ4v) is 4.47. The van der Waals surface area contributed by atoms with Gasteiger partial charge in [0.05, 0.1) is 11.5 Å². The van der Waals surface area contributed by atoms with Crippen molar-refractivity contribution in [3.05, 3.63) is 60.2 Å². The molecule has 0 aromatic heterocycles. The molecule has 1 N–H and O–H groups in total. The fraction of sp³-hybridized carbons (Fsp3) is 0.458. The maximum Gasteiger partial charge on any atom is 0.220 e. The number of carbonyl (C=O) groups excluding carboxylic acids is 1. The summed E-state index contributed by atoms with van der Waals surface area (Å²) in [5.41, 5.74) is 1.31. The lowest BCUT2D eigenvalue weighted by Gasteiger charge is -2.36. The molecule has 1 heterocycles. The third-order valence-corrected chi connectivity index (χ3v) is 6.71. The van der Waals surface area contributed by atoms with E-state index in [-0.39, 0.29) is 10.8 Å². The number of likely N-dealkylation sites (tertiary alicyclic amines) is 1. The first-order valence-electron chi connectivity index (χ1n) is 10.9. The van der Waals surface area contributed by atoms with Crippen molar-refractivity contribution in [3.63, 3.8) is 0 Å². The lowest BCUT2D eigenvalue weighted by Crippen LogP contribution is -2.46. The van der Waals surface area contributed by atoms with Crippen LogP contribution in [0.5, 0.6) is 5.75 Å². The highest BCUT2D eigenvalue weighted by atomic mass is 32.2. The van der Waals surface area contributed by atoms with Crippen molar-refractivity contribution in [3.8, 4) is 5.75 Å². The van der Waals surface area contributed by atoms with Gasteiger partial charge >= 0.3 is 0 Å². The Morgan fingerprint density at radius 1 is 1.10 bits per heavy atom. The zero-order valence-electron chi connectivity index (χ0n) is 18.1. The first kappa shape index (κ1) is 23.3. The summed E-state index contributed by atoms with van der Waals surface area (Å²) in [6.45, 7) is 3.09. The highest BCUT2D eigenvalue weighted by Crippen LogP contribution is 2.19. The molecule has 1 aliphatic rings. The van der Waals surface area contributed by atoms with Crippen LogP contribution in [0, 0.1) is 0 Å². The molecule has 0 radical (unpaired) electrons. The number of nitrogens with one attached hydrogen (secondary N) is 1. The van der Waals surface area contributed by atoms with Crippen LogP contribution in [0.1, 0.15) is 37.7 Å². The summed E-state index contributed by atoms with van der Waals surface area (Å²) in [5, 5.41) is 3.09. The summed E-state index contributed by atoms with van der Waals surface area (Å²) in [5.74, 6) is 0.646. The Morgan fingerprint density at radius 2 is 1.84 bits per heavy atom. The van der Waals surface area contributed by atoms with Crippen LogP contribution in [0.25, 0.3) is 0 Å². The minimum Gasteiger partial charge on any atom is -0.494 e. The Hall–Kier alpha value is -2.38. The van der Waals surface area contributed by atoms with Gasteiger partial charge in [-0.2, -0.15) is 0 Å². The second kappa shape index (κ2) is 11.3. The average molecular weight is 445 g/mol. The third kappa shape index (κ3) is 7.67. The molecule has 2 aromatic rings. The van der Waals surface area contributed by atoms with Gasteiger partial charge in [0.15, 0.2) is 9.84 Å². The number of hydrogen-bond acceptors (Lipinski definition) is 5. The summed E-state index contributed by atoms with van der Waals surface area (Å²) in [4.78, 5) is 15.0. The van der Waals surface area contributed by atoms with Crippen molar-refractivity contribution >= 4 is 15.7 Å². The molecule has 6 nitrogen and oxygen atoms in total. The van der Waals surface area contributed by atoms with Crippen LogP contribution in [-0.4, -0.2) is 51.2 Å². The van der Waals surface area contributed by atoms with Gasteiger partial charge in [-0.05, 0) is 55.6 Å². The molecule has 168 valence electrons. The van der Waals surface area contributed by atoms with Gasteiger partial charge in [-0.25, -0.2) is 8.42 Å². The van der Waals surface area contributed by atoms with Gasteiger partial charge in [-0.15, -0.1) is 0 Å². The third-order valence-electron chi connectivity index (χ3n) is 5.58. The largest absolute Gasteiger partial charge is 0.494 e. The van der Waals surface area contributed by atoms with E-state index in [0.29, 0.717) is 37.8 Å². The summed E-state index contributed by atoms with van der Waals surface area (Å²) < 4.78 is 28.6. The van der Waals surface area contributed by atoms with E-state index in [1.54, 1.807) is 12.1 Å². The molecule has 2 aromatic carbocycles. The van der Waals surface area contributed by atoms with E-state index in [2.05, 4.69) is 34.5 Å². The van der Waals surface area contributed by atoms with Crippen molar-refractivity contribution in [1.82, 2.24) is 10.2 Å². The first-order valence-corrected chi connectivity index (χ1v) is 12.8. The minimum atomic E-state index is -3.21. The van der Waals surface area contributed by atoms with Crippen LogP contribution < -0.4 is 10.1 Å². The number of piperidine rings is 1. The molecule has 0 aliphatic carbocycles. The van der Waals surface area contributed by atoms with E-state index in [1.165, 1.54) is 36.8 Å². The maximum atomic E-state index is 12.3. The minimum absolute atomic E-state index is 0.0428. The molecule has 0 spiro atoms. The van der Waals surface area contributed by atoms with Gasteiger partial charge in [0.1, 0.15) is 5.75 Å². The van der Waals surface area contributed by atoms with Crippen molar-refractivity contribution in [2.24, 2.45) is 0 Å². The number of nitrogens with zero attached hydrogens (tertiary/aromatic N) is 1. The van der Waals surface area contributed by atoms with Crippen LogP contribution in [0.15, 0.2) is 59.5 Å². The van der Waals surface area contributed by atoms with Crippen molar-refractivity contribution in [2.45, 2.75) is 49.6 Å². The lowest BCUT2D eigenvalue weighted by molar-refractivity contribution is -0.121. The number of amides is 1. The lowest BCUT2D eigenvalue weighted by atomic mass is 10.0. The smallest absolute Gasteiger partial charge is 0.220 e. The van der Waals surface area contributed by atoms with Crippen LogP contribution in [0.3, 0.4) is 0 Å². The molecule has 3 rings (SSSR count). The Morgan fingerprint density at radius 3 is 2.55 bits per heavy atom. The summed E-state index contributed by atoms with van der Waals surface area (Å²) in [6, 6.07) is 17.2. The molecule has 1 aliphatic heterocycles. The summed E-state index contributed by atoms with van der Waals surface area (Å²) >= 11 is 0. The quantitative estimate of drug-likeness (QED) is 0.569. The summed E-state index contributed by atoms with van der Waals surface area (Å²) in [7, 11) is -3.21. The van der Waals surface area contributed by atoms with Crippen molar-refractivity contribution < 1.29 is 17.9 Å². The second-order valence-electron chi connectivity index (χ2n) is 8.11. The number of carbonyl (C=O) groups is 1. The molecule has 0 bridgehead atoms. The predicted octanol–water partition coefficient (Wildman–Crippen LogP) is 3.42. The van der Waals surface area contributed by atoms with E-state index < -0.39 is 9.84 Å². The highest BCUT2D eigenvalue weighted by molar-refractivity contribution is 7.90. The SMILES string of the molecule is CS(=O)(=O)c1ccc(OCCCC(=O)NCC2CCCCN2Cc2ccccc2)cc1. The number of benzene rings is 2. The van der Waals surface area contributed by atoms with E-state index in [1.807, 2.05) is 6.07 Å². The van der Waals surface area contributed by atoms with Gasteiger partial charge in [-0.1, -0.05) is 36.8 Å². The van der Waals surface area contributed by atoms with Crippen LogP contribution >= 0.6 is 0 Å². The van der Waals surface area contributed by atoms with Gasteiger partial charge in [0.25, 0.3) is 0 Å². The zero-order valence-corrected chi connectivity index (χ0v) is 18.9. The Labute approximate surface area is 185 Å². The topological polar surface area (TPSA) is 75.7 Å². The van der Waals surface area contributed by atoms with Gasteiger partial charge in [0.2, 0.25) is 5.91 Å².